The molecule has 0 unspecified atom stereocenters. The fraction of sp³-hybridized carbons (Fsp3) is 0.222. The van der Waals surface area contributed by atoms with Crippen LogP contribution in [0.5, 0.6) is 5.75 Å². The molecule has 0 fully saturated rings. The lowest BCUT2D eigenvalue weighted by Gasteiger charge is -2.05. The Morgan fingerprint density at radius 1 is 1.42 bits per heavy atom. The van der Waals surface area contributed by atoms with Crippen LogP contribution in [-0.4, -0.2) is 10.2 Å². The fourth-order valence-corrected chi connectivity index (χ4v) is 1.31. The van der Waals surface area contributed by atoms with Crippen LogP contribution in [-0.2, 0) is 0 Å². The molecular formula is C9H10O2S. The van der Waals surface area contributed by atoms with Crippen LogP contribution >= 0.6 is 12.6 Å². The predicted molar refractivity (Wildman–Crippen MR) is 50.9 cm³/mol. The third-order valence-electron chi connectivity index (χ3n) is 1.86. The number of carbonyl (C=O) groups excluding carboxylic acids is 1. The summed E-state index contributed by atoms with van der Waals surface area (Å²) in [6.45, 7) is 3.49. The minimum Gasteiger partial charge on any atom is -0.507 e. The van der Waals surface area contributed by atoms with E-state index in [0.29, 0.717) is 11.1 Å². The van der Waals surface area contributed by atoms with E-state index < -0.39 is 0 Å². The summed E-state index contributed by atoms with van der Waals surface area (Å²) in [4.78, 5) is 10.9. The maximum absolute atomic E-state index is 10.9. The second-order valence-electron chi connectivity index (χ2n) is 2.71. The SMILES string of the molecule is Cc1ccc(C(=O)S)c(C)c1O. The zero-order chi connectivity index (χ0) is 9.30. The lowest BCUT2D eigenvalue weighted by molar-refractivity contribution is 0.109. The molecule has 1 rings (SSSR count). The van der Waals surface area contributed by atoms with Gasteiger partial charge in [0.25, 0.3) is 0 Å². The van der Waals surface area contributed by atoms with Crippen LogP contribution in [0.4, 0.5) is 0 Å². The predicted octanol–water partition coefficient (Wildman–Crippen LogP) is 2.08. The number of rotatable bonds is 1. The molecule has 0 aromatic heterocycles. The third-order valence-corrected chi connectivity index (χ3v) is 2.10. The molecule has 0 bridgehead atoms. The van der Waals surface area contributed by atoms with E-state index >= 15 is 0 Å². The molecule has 0 atom stereocenters. The van der Waals surface area contributed by atoms with Gasteiger partial charge in [0.2, 0.25) is 5.12 Å². The quantitative estimate of drug-likeness (QED) is 0.652. The van der Waals surface area contributed by atoms with Crippen molar-refractivity contribution in [3.8, 4) is 5.75 Å². The van der Waals surface area contributed by atoms with Crippen LogP contribution < -0.4 is 0 Å². The summed E-state index contributed by atoms with van der Waals surface area (Å²) in [6.07, 6.45) is 0. The van der Waals surface area contributed by atoms with Gasteiger partial charge in [-0.25, -0.2) is 0 Å². The zero-order valence-electron chi connectivity index (χ0n) is 6.96. The van der Waals surface area contributed by atoms with Gasteiger partial charge in [-0.05, 0) is 25.5 Å². The van der Waals surface area contributed by atoms with Crippen LogP contribution in [0.25, 0.3) is 0 Å². The number of carbonyl (C=O) groups is 1. The van der Waals surface area contributed by atoms with Crippen LogP contribution in [0, 0.1) is 13.8 Å². The molecule has 0 aliphatic heterocycles. The standard InChI is InChI=1S/C9H10O2S/c1-5-3-4-7(9(11)12)6(2)8(5)10/h3-4,10H,1-2H3,(H,11,12). The van der Waals surface area contributed by atoms with Crippen molar-refractivity contribution in [3.63, 3.8) is 0 Å². The molecule has 0 heterocycles. The summed E-state index contributed by atoms with van der Waals surface area (Å²) >= 11 is 3.69. The van der Waals surface area contributed by atoms with Gasteiger partial charge < -0.3 is 5.11 Å². The van der Waals surface area contributed by atoms with Crippen LogP contribution in [0.1, 0.15) is 21.5 Å². The van der Waals surface area contributed by atoms with Gasteiger partial charge in [0.05, 0.1) is 0 Å². The Labute approximate surface area is 76.6 Å². The van der Waals surface area contributed by atoms with Gasteiger partial charge in [0, 0.05) is 11.1 Å². The smallest absolute Gasteiger partial charge is 0.216 e. The van der Waals surface area contributed by atoms with Crippen molar-refractivity contribution in [2.24, 2.45) is 0 Å². The monoisotopic (exact) mass is 182 g/mol. The van der Waals surface area contributed by atoms with Crippen molar-refractivity contribution in [3.05, 3.63) is 28.8 Å². The normalized spacial score (nSPS) is 9.92. The molecule has 1 aromatic rings. The highest BCUT2D eigenvalue weighted by atomic mass is 32.1. The number of phenolic OH excluding ortho intramolecular Hbond substituents is 1. The number of aryl methyl sites for hydroxylation is 1. The number of thiol groups is 1. The zero-order valence-corrected chi connectivity index (χ0v) is 7.85. The van der Waals surface area contributed by atoms with Gasteiger partial charge in [0.1, 0.15) is 5.75 Å². The summed E-state index contributed by atoms with van der Waals surface area (Å²) in [5, 5.41) is 9.13. The van der Waals surface area contributed by atoms with E-state index in [-0.39, 0.29) is 10.9 Å². The highest BCUT2D eigenvalue weighted by Gasteiger charge is 2.09. The Bertz CT molecular complexity index is 332. The molecule has 12 heavy (non-hydrogen) atoms. The second-order valence-corrected chi connectivity index (χ2v) is 3.11. The Morgan fingerprint density at radius 3 is 2.50 bits per heavy atom. The molecule has 0 aliphatic rings. The number of hydrogen-bond acceptors (Lipinski definition) is 2. The van der Waals surface area contributed by atoms with Gasteiger partial charge in [0.15, 0.2) is 0 Å². The van der Waals surface area contributed by atoms with Crippen molar-refractivity contribution in [1.29, 1.82) is 0 Å². The maximum atomic E-state index is 10.9. The number of benzene rings is 1. The summed E-state index contributed by atoms with van der Waals surface area (Å²) < 4.78 is 0. The lowest BCUT2D eigenvalue weighted by atomic mass is 10.1. The molecule has 0 radical (unpaired) electrons. The Kier molecular flexibility index (Phi) is 2.43. The molecule has 2 nitrogen and oxygen atoms in total. The summed E-state index contributed by atoms with van der Waals surface area (Å²) in [6, 6.07) is 3.37. The minimum absolute atomic E-state index is 0.176. The number of phenols is 1. The van der Waals surface area contributed by atoms with Crippen molar-refractivity contribution in [1.82, 2.24) is 0 Å². The minimum atomic E-state index is -0.317. The van der Waals surface area contributed by atoms with Crippen molar-refractivity contribution < 1.29 is 9.90 Å². The lowest BCUT2D eigenvalue weighted by Crippen LogP contribution is -1.94. The fourth-order valence-electron chi connectivity index (χ4n) is 1.07. The molecule has 1 N–H and O–H groups in total. The summed E-state index contributed by atoms with van der Waals surface area (Å²) in [5.74, 6) is 0.176. The molecule has 64 valence electrons. The molecule has 0 saturated carbocycles. The van der Waals surface area contributed by atoms with E-state index in [1.807, 2.05) is 0 Å². The van der Waals surface area contributed by atoms with Crippen molar-refractivity contribution >= 4 is 17.7 Å². The largest absolute Gasteiger partial charge is 0.507 e. The van der Waals surface area contributed by atoms with E-state index in [0.717, 1.165) is 5.56 Å². The summed E-state index contributed by atoms with van der Waals surface area (Å²) in [7, 11) is 0. The second kappa shape index (κ2) is 3.19. The molecule has 0 amide bonds. The van der Waals surface area contributed by atoms with E-state index in [2.05, 4.69) is 12.6 Å². The van der Waals surface area contributed by atoms with Gasteiger partial charge in [-0.15, -0.1) is 12.6 Å². The van der Waals surface area contributed by atoms with Gasteiger partial charge in [-0.3, -0.25) is 4.79 Å². The van der Waals surface area contributed by atoms with E-state index in [1.54, 1.807) is 26.0 Å². The number of hydrogen-bond donors (Lipinski definition) is 2. The van der Waals surface area contributed by atoms with Crippen LogP contribution in [0.3, 0.4) is 0 Å². The van der Waals surface area contributed by atoms with Gasteiger partial charge in [-0.1, -0.05) is 6.07 Å². The molecule has 0 aliphatic carbocycles. The van der Waals surface area contributed by atoms with Gasteiger partial charge >= 0.3 is 0 Å². The average molecular weight is 182 g/mol. The maximum Gasteiger partial charge on any atom is 0.216 e. The molecular weight excluding hydrogens is 172 g/mol. The average Bonchev–Trinajstić information content (AvgIpc) is 2.00. The van der Waals surface area contributed by atoms with Crippen molar-refractivity contribution in [2.75, 3.05) is 0 Å². The van der Waals surface area contributed by atoms with Crippen molar-refractivity contribution in [2.45, 2.75) is 13.8 Å². The summed E-state index contributed by atoms with van der Waals surface area (Å²) in [5.41, 5.74) is 1.82. The Morgan fingerprint density at radius 2 is 2.00 bits per heavy atom. The first-order chi connectivity index (χ1) is 5.54. The molecule has 1 aromatic carbocycles. The van der Waals surface area contributed by atoms with Gasteiger partial charge in [-0.2, -0.15) is 0 Å². The first-order valence-electron chi connectivity index (χ1n) is 3.56. The highest BCUT2D eigenvalue weighted by molar-refractivity contribution is 7.97. The van der Waals surface area contributed by atoms with Crippen LogP contribution in [0.2, 0.25) is 0 Å². The van der Waals surface area contributed by atoms with Crippen LogP contribution in [0.15, 0.2) is 12.1 Å². The first-order valence-corrected chi connectivity index (χ1v) is 4.01. The Balaban J connectivity index is 3.36. The molecule has 0 saturated heterocycles. The molecule has 0 spiro atoms. The third kappa shape index (κ3) is 1.46. The molecule has 3 heteroatoms. The highest BCUT2D eigenvalue weighted by Crippen LogP contribution is 2.25. The van der Waals surface area contributed by atoms with E-state index in [1.165, 1.54) is 0 Å². The topological polar surface area (TPSA) is 37.3 Å². The first kappa shape index (κ1) is 9.13. The van der Waals surface area contributed by atoms with E-state index in [9.17, 15) is 9.90 Å². The number of aromatic hydroxyl groups is 1. The van der Waals surface area contributed by atoms with E-state index in [4.69, 9.17) is 0 Å². The Hall–Kier alpha value is -0.960.